The molecule has 2 heterocycles. The van der Waals surface area contributed by atoms with Crippen LogP contribution in [0, 0.1) is 0 Å². The Morgan fingerprint density at radius 1 is 1.35 bits per heavy atom. The number of aromatic amines is 1. The van der Waals surface area contributed by atoms with Gasteiger partial charge in [-0.05, 0) is 18.2 Å². The highest BCUT2D eigenvalue weighted by Crippen LogP contribution is 2.24. The molecule has 0 saturated carbocycles. The van der Waals surface area contributed by atoms with Crippen LogP contribution in [0.25, 0.3) is 11.0 Å². The van der Waals surface area contributed by atoms with Gasteiger partial charge in [-0.2, -0.15) is 0 Å². The average molecular weight is 267 g/mol. The van der Waals surface area contributed by atoms with Crippen LogP contribution < -0.4 is 10.5 Å². The highest BCUT2D eigenvalue weighted by Gasteiger charge is 2.15. The smallest absolute Gasteiger partial charge is 0.195 e. The van der Waals surface area contributed by atoms with Gasteiger partial charge >= 0.3 is 0 Å². The second kappa shape index (κ2) is 4.70. The Labute approximate surface area is 115 Å². The van der Waals surface area contributed by atoms with E-state index in [2.05, 4.69) is 9.97 Å². The number of H-pyrrole nitrogens is 1. The van der Waals surface area contributed by atoms with Gasteiger partial charge in [0.15, 0.2) is 5.78 Å². The van der Waals surface area contributed by atoms with Crippen molar-refractivity contribution in [3.63, 3.8) is 0 Å². The van der Waals surface area contributed by atoms with Gasteiger partial charge in [-0.25, -0.2) is 4.98 Å². The van der Waals surface area contributed by atoms with Crippen molar-refractivity contribution in [3.05, 3.63) is 53.9 Å². The number of nitrogens with one attached hydrogen (secondary N) is 1. The normalized spacial score (nSPS) is 10.7. The Kier molecular flexibility index (Phi) is 2.87. The highest BCUT2D eigenvalue weighted by molar-refractivity contribution is 6.16. The lowest BCUT2D eigenvalue weighted by molar-refractivity contribution is 0.104. The van der Waals surface area contributed by atoms with Crippen molar-refractivity contribution < 1.29 is 9.53 Å². The quantitative estimate of drug-likeness (QED) is 0.564. The van der Waals surface area contributed by atoms with Gasteiger partial charge in [0.25, 0.3) is 0 Å². The first kappa shape index (κ1) is 12.2. The van der Waals surface area contributed by atoms with E-state index in [1.807, 2.05) is 0 Å². The standard InChI is InChI=1S/C15H13N3O2/c1-20-11-6-12-13(8-18-15(12)17-7-11)14(19)9-3-2-4-10(16)5-9/h2-8H,16H2,1H3,(H,17,18). The van der Waals surface area contributed by atoms with Gasteiger partial charge in [-0.15, -0.1) is 0 Å². The van der Waals surface area contributed by atoms with Crippen molar-refractivity contribution in [2.45, 2.75) is 0 Å². The molecule has 0 radical (unpaired) electrons. The van der Waals surface area contributed by atoms with Crippen molar-refractivity contribution in [3.8, 4) is 5.75 Å². The number of pyridine rings is 1. The van der Waals surface area contributed by atoms with Crippen molar-refractivity contribution in [2.75, 3.05) is 12.8 Å². The number of hydrogen-bond acceptors (Lipinski definition) is 4. The van der Waals surface area contributed by atoms with E-state index in [-0.39, 0.29) is 5.78 Å². The fourth-order valence-electron chi connectivity index (χ4n) is 2.12. The van der Waals surface area contributed by atoms with E-state index in [0.29, 0.717) is 28.2 Å². The van der Waals surface area contributed by atoms with Crippen LogP contribution in [0.15, 0.2) is 42.7 Å². The molecule has 0 aliphatic carbocycles. The van der Waals surface area contributed by atoms with Crippen molar-refractivity contribution in [2.24, 2.45) is 0 Å². The van der Waals surface area contributed by atoms with Gasteiger partial charge in [-0.3, -0.25) is 4.79 Å². The molecule has 5 nitrogen and oxygen atoms in total. The Balaban J connectivity index is 2.12. The zero-order chi connectivity index (χ0) is 14.1. The van der Waals surface area contributed by atoms with Crippen LogP contribution in [0.2, 0.25) is 0 Å². The molecule has 0 saturated heterocycles. The minimum absolute atomic E-state index is 0.0985. The van der Waals surface area contributed by atoms with Crippen LogP contribution in [0.1, 0.15) is 15.9 Å². The summed E-state index contributed by atoms with van der Waals surface area (Å²) in [4.78, 5) is 19.7. The zero-order valence-corrected chi connectivity index (χ0v) is 10.9. The third kappa shape index (κ3) is 1.99. The molecule has 0 spiro atoms. The fraction of sp³-hybridized carbons (Fsp3) is 0.0667. The number of fused-ring (bicyclic) bond motifs is 1. The summed E-state index contributed by atoms with van der Waals surface area (Å²) in [7, 11) is 1.56. The van der Waals surface area contributed by atoms with E-state index in [4.69, 9.17) is 10.5 Å². The molecule has 20 heavy (non-hydrogen) atoms. The maximum absolute atomic E-state index is 12.5. The van der Waals surface area contributed by atoms with E-state index in [1.54, 1.807) is 49.8 Å². The summed E-state index contributed by atoms with van der Waals surface area (Å²) in [6, 6.07) is 8.70. The number of ether oxygens (including phenoxy) is 1. The summed E-state index contributed by atoms with van der Waals surface area (Å²) >= 11 is 0. The summed E-state index contributed by atoms with van der Waals surface area (Å²) in [5.41, 5.74) is 8.03. The molecule has 0 aliphatic rings. The number of rotatable bonds is 3. The van der Waals surface area contributed by atoms with Crippen LogP contribution in [-0.2, 0) is 0 Å². The number of benzene rings is 1. The second-order valence-corrected chi connectivity index (χ2v) is 4.43. The molecule has 2 aromatic heterocycles. The maximum Gasteiger partial charge on any atom is 0.195 e. The molecule has 0 unspecified atom stereocenters. The number of nitrogen functional groups attached to an aromatic ring is 1. The number of carbonyl (C=O) groups excluding carboxylic acids is 1. The van der Waals surface area contributed by atoms with Crippen LogP contribution in [0.4, 0.5) is 5.69 Å². The van der Waals surface area contributed by atoms with Crippen molar-refractivity contribution >= 4 is 22.5 Å². The molecule has 5 heteroatoms. The Hall–Kier alpha value is -2.82. The summed E-state index contributed by atoms with van der Waals surface area (Å²) in [5, 5.41) is 0.733. The number of anilines is 1. The van der Waals surface area contributed by atoms with Gasteiger partial charge in [0.05, 0.1) is 13.3 Å². The molecule has 3 rings (SSSR count). The maximum atomic E-state index is 12.5. The number of aromatic nitrogens is 2. The molecule has 0 amide bonds. The highest BCUT2D eigenvalue weighted by atomic mass is 16.5. The molecule has 0 atom stereocenters. The Bertz CT molecular complexity index is 793. The first-order chi connectivity index (χ1) is 9.69. The molecule has 0 fully saturated rings. The molecular formula is C15H13N3O2. The predicted octanol–water partition coefficient (Wildman–Crippen LogP) is 2.38. The monoisotopic (exact) mass is 267 g/mol. The molecular weight excluding hydrogens is 254 g/mol. The van der Waals surface area contributed by atoms with Crippen LogP contribution in [0.3, 0.4) is 0 Å². The minimum Gasteiger partial charge on any atom is -0.495 e. The predicted molar refractivity (Wildman–Crippen MR) is 76.9 cm³/mol. The molecule has 100 valence electrons. The van der Waals surface area contributed by atoms with Crippen LogP contribution in [-0.4, -0.2) is 22.9 Å². The summed E-state index contributed by atoms with van der Waals surface area (Å²) in [6.07, 6.45) is 3.26. The third-order valence-electron chi connectivity index (χ3n) is 3.14. The number of ketones is 1. The van der Waals surface area contributed by atoms with Gasteiger partial charge < -0.3 is 15.5 Å². The van der Waals surface area contributed by atoms with Crippen molar-refractivity contribution in [1.82, 2.24) is 9.97 Å². The van der Waals surface area contributed by atoms with Gasteiger partial charge in [0.1, 0.15) is 11.4 Å². The van der Waals surface area contributed by atoms with E-state index in [0.717, 1.165) is 5.39 Å². The summed E-state index contributed by atoms with van der Waals surface area (Å²) in [6.45, 7) is 0. The van der Waals surface area contributed by atoms with E-state index in [9.17, 15) is 4.79 Å². The lowest BCUT2D eigenvalue weighted by Gasteiger charge is -2.02. The van der Waals surface area contributed by atoms with Gasteiger partial charge in [0.2, 0.25) is 0 Å². The molecule has 0 aliphatic heterocycles. The lowest BCUT2D eigenvalue weighted by Crippen LogP contribution is -2.01. The van der Waals surface area contributed by atoms with Crippen LogP contribution >= 0.6 is 0 Å². The van der Waals surface area contributed by atoms with E-state index < -0.39 is 0 Å². The van der Waals surface area contributed by atoms with Gasteiger partial charge in [-0.1, -0.05) is 12.1 Å². The first-order valence-corrected chi connectivity index (χ1v) is 6.10. The van der Waals surface area contributed by atoms with Gasteiger partial charge in [0, 0.05) is 28.4 Å². The Morgan fingerprint density at radius 3 is 2.95 bits per heavy atom. The molecule has 1 aromatic carbocycles. The summed E-state index contributed by atoms with van der Waals surface area (Å²) in [5.74, 6) is 0.511. The minimum atomic E-state index is -0.0985. The number of methoxy groups -OCH3 is 1. The fourth-order valence-corrected chi connectivity index (χ4v) is 2.12. The first-order valence-electron chi connectivity index (χ1n) is 6.10. The second-order valence-electron chi connectivity index (χ2n) is 4.43. The topological polar surface area (TPSA) is 81.0 Å². The largest absolute Gasteiger partial charge is 0.495 e. The summed E-state index contributed by atoms with van der Waals surface area (Å²) < 4.78 is 5.14. The number of carbonyl (C=O) groups is 1. The third-order valence-corrected chi connectivity index (χ3v) is 3.14. The molecule has 3 N–H and O–H groups in total. The average Bonchev–Trinajstić information content (AvgIpc) is 2.89. The van der Waals surface area contributed by atoms with Crippen LogP contribution in [0.5, 0.6) is 5.75 Å². The number of hydrogen-bond donors (Lipinski definition) is 2. The van der Waals surface area contributed by atoms with E-state index in [1.165, 1.54) is 0 Å². The number of nitrogens with two attached hydrogens (primary N) is 1. The van der Waals surface area contributed by atoms with E-state index >= 15 is 0 Å². The molecule has 3 aromatic rings. The lowest BCUT2D eigenvalue weighted by atomic mass is 10.0. The van der Waals surface area contributed by atoms with Crippen molar-refractivity contribution in [1.29, 1.82) is 0 Å². The Morgan fingerprint density at radius 2 is 2.20 bits per heavy atom. The number of nitrogens with zero attached hydrogens (tertiary/aromatic N) is 1. The molecule has 0 bridgehead atoms. The zero-order valence-electron chi connectivity index (χ0n) is 10.9. The SMILES string of the molecule is COc1cnc2[nH]cc(C(=O)c3cccc(N)c3)c2c1.